The maximum atomic E-state index is 12.1. The van der Waals surface area contributed by atoms with Crippen LogP contribution in [0.15, 0.2) is 12.1 Å². The summed E-state index contributed by atoms with van der Waals surface area (Å²) in [6.07, 6.45) is 10.8. The molecule has 0 heterocycles. The summed E-state index contributed by atoms with van der Waals surface area (Å²) in [6, 6.07) is 4.25. The van der Waals surface area contributed by atoms with Gasteiger partial charge in [-0.2, -0.15) is 0 Å². The molecule has 1 rings (SSSR count). The Kier molecular flexibility index (Phi) is 8.88. The highest BCUT2D eigenvalue weighted by molar-refractivity contribution is 5.92. The highest BCUT2D eigenvalue weighted by atomic mass is 16.1. The summed E-state index contributed by atoms with van der Waals surface area (Å²) in [4.78, 5) is 12.1. The zero-order valence-corrected chi connectivity index (χ0v) is 14.9. The predicted molar refractivity (Wildman–Crippen MR) is 96.5 cm³/mol. The molecule has 0 aliphatic carbocycles. The second-order valence-corrected chi connectivity index (χ2v) is 6.55. The molecule has 0 spiro atoms. The highest BCUT2D eigenvalue weighted by Gasteiger charge is 2.08. The van der Waals surface area contributed by atoms with E-state index < -0.39 is 0 Å². The number of anilines is 1. The van der Waals surface area contributed by atoms with Crippen molar-refractivity contribution in [3.63, 3.8) is 0 Å². The van der Waals surface area contributed by atoms with Crippen molar-refractivity contribution in [2.45, 2.75) is 85.5 Å². The Balaban J connectivity index is 2.22. The molecule has 0 aliphatic heterocycles. The second-order valence-electron chi connectivity index (χ2n) is 6.55. The Bertz CT molecular complexity index is 442. The van der Waals surface area contributed by atoms with E-state index in [1.165, 1.54) is 50.5 Å². The maximum Gasteiger partial charge on any atom is 0.224 e. The first kappa shape index (κ1) is 18.7. The lowest BCUT2D eigenvalue weighted by molar-refractivity contribution is -0.116. The fourth-order valence-corrected chi connectivity index (χ4v) is 3.00. The van der Waals surface area contributed by atoms with Gasteiger partial charge in [0.15, 0.2) is 0 Å². The van der Waals surface area contributed by atoms with Crippen molar-refractivity contribution in [1.82, 2.24) is 0 Å². The monoisotopic (exact) mass is 303 g/mol. The molecular formula is C20H33NO. The summed E-state index contributed by atoms with van der Waals surface area (Å²) in [7, 11) is 0. The number of hydrogen-bond acceptors (Lipinski definition) is 1. The van der Waals surface area contributed by atoms with Crippen molar-refractivity contribution in [3.8, 4) is 0 Å². The molecule has 0 bridgehead atoms. The minimum atomic E-state index is 0.154. The molecule has 0 aromatic heterocycles. The number of carbonyl (C=O) groups excluding carboxylic acids is 1. The fraction of sp³-hybridized carbons (Fsp3) is 0.650. The van der Waals surface area contributed by atoms with Crippen LogP contribution in [0.25, 0.3) is 0 Å². The van der Waals surface area contributed by atoms with E-state index >= 15 is 0 Å². The number of rotatable bonds is 10. The molecule has 0 saturated heterocycles. The van der Waals surface area contributed by atoms with Crippen LogP contribution in [0.5, 0.6) is 0 Å². The zero-order chi connectivity index (χ0) is 16.4. The second kappa shape index (κ2) is 10.4. The van der Waals surface area contributed by atoms with Gasteiger partial charge >= 0.3 is 0 Å². The zero-order valence-electron chi connectivity index (χ0n) is 14.9. The topological polar surface area (TPSA) is 29.1 Å². The minimum absolute atomic E-state index is 0.154. The van der Waals surface area contributed by atoms with Crippen LogP contribution in [-0.2, 0) is 4.79 Å². The van der Waals surface area contributed by atoms with E-state index in [9.17, 15) is 4.79 Å². The molecule has 1 N–H and O–H groups in total. The summed E-state index contributed by atoms with van der Waals surface area (Å²) in [5, 5.41) is 3.09. The molecule has 0 aliphatic rings. The van der Waals surface area contributed by atoms with E-state index in [0.717, 1.165) is 23.2 Å². The van der Waals surface area contributed by atoms with E-state index in [2.05, 4.69) is 45.1 Å². The first-order valence-corrected chi connectivity index (χ1v) is 8.92. The van der Waals surface area contributed by atoms with Gasteiger partial charge in [0.05, 0.1) is 0 Å². The van der Waals surface area contributed by atoms with Gasteiger partial charge in [-0.05, 0) is 38.3 Å². The molecule has 0 atom stereocenters. The lowest BCUT2D eigenvalue weighted by atomic mass is 10.0. The van der Waals surface area contributed by atoms with Gasteiger partial charge in [0, 0.05) is 12.1 Å². The Morgan fingerprint density at radius 2 is 1.36 bits per heavy atom. The number of amides is 1. The number of carbonyl (C=O) groups is 1. The molecule has 2 heteroatoms. The standard InChI is InChI=1S/C20H33NO/c1-5-6-7-8-9-10-11-12-13-19(22)21-20-17(3)14-16(2)15-18(20)4/h14-15H,5-13H2,1-4H3,(H,21,22). The third kappa shape index (κ3) is 7.11. The van der Waals surface area contributed by atoms with Crippen LogP contribution in [0, 0.1) is 20.8 Å². The number of nitrogens with one attached hydrogen (secondary N) is 1. The first-order valence-electron chi connectivity index (χ1n) is 8.92. The van der Waals surface area contributed by atoms with Gasteiger partial charge in [0.2, 0.25) is 5.91 Å². The molecule has 124 valence electrons. The molecule has 1 aromatic carbocycles. The van der Waals surface area contributed by atoms with E-state index in [0.29, 0.717) is 6.42 Å². The van der Waals surface area contributed by atoms with Gasteiger partial charge in [-0.25, -0.2) is 0 Å². The van der Waals surface area contributed by atoms with Crippen molar-refractivity contribution in [1.29, 1.82) is 0 Å². The van der Waals surface area contributed by atoms with Crippen molar-refractivity contribution < 1.29 is 4.79 Å². The van der Waals surface area contributed by atoms with Crippen LogP contribution in [-0.4, -0.2) is 5.91 Å². The molecule has 0 fully saturated rings. The summed E-state index contributed by atoms with van der Waals surface area (Å²) < 4.78 is 0. The minimum Gasteiger partial charge on any atom is -0.326 e. The number of hydrogen-bond donors (Lipinski definition) is 1. The number of aryl methyl sites for hydroxylation is 3. The predicted octanol–water partition coefficient (Wildman–Crippen LogP) is 6.08. The molecule has 0 saturated carbocycles. The fourth-order valence-electron chi connectivity index (χ4n) is 3.00. The average molecular weight is 303 g/mol. The van der Waals surface area contributed by atoms with Gasteiger partial charge in [0.1, 0.15) is 0 Å². The normalized spacial score (nSPS) is 10.7. The average Bonchev–Trinajstić information content (AvgIpc) is 2.45. The molecular weight excluding hydrogens is 270 g/mol. The Morgan fingerprint density at radius 1 is 0.864 bits per heavy atom. The van der Waals surface area contributed by atoms with Crippen LogP contribution in [0.1, 0.15) is 81.4 Å². The van der Waals surface area contributed by atoms with Crippen molar-refractivity contribution in [2.75, 3.05) is 5.32 Å². The summed E-state index contributed by atoms with van der Waals surface area (Å²) in [5.41, 5.74) is 4.55. The van der Waals surface area contributed by atoms with Gasteiger partial charge in [-0.3, -0.25) is 4.79 Å². The SMILES string of the molecule is CCCCCCCCCCC(=O)Nc1c(C)cc(C)cc1C. The Labute approximate surface area is 136 Å². The Hall–Kier alpha value is -1.31. The Morgan fingerprint density at radius 3 is 1.91 bits per heavy atom. The third-order valence-corrected chi connectivity index (χ3v) is 4.20. The van der Waals surface area contributed by atoms with Gasteiger partial charge in [0.25, 0.3) is 0 Å². The van der Waals surface area contributed by atoms with Crippen molar-refractivity contribution in [2.24, 2.45) is 0 Å². The molecule has 2 nitrogen and oxygen atoms in total. The van der Waals surface area contributed by atoms with Gasteiger partial charge in [-0.15, -0.1) is 0 Å². The van der Waals surface area contributed by atoms with E-state index in [-0.39, 0.29) is 5.91 Å². The lowest BCUT2D eigenvalue weighted by Crippen LogP contribution is -2.13. The van der Waals surface area contributed by atoms with E-state index in [1.54, 1.807) is 0 Å². The largest absolute Gasteiger partial charge is 0.326 e. The van der Waals surface area contributed by atoms with Crippen LogP contribution in [0.3, 0.4) is 0 Å². The summed E-state index contributed by atoms with van der Waals surface area (Å²) in [5.74, 6) is 0.154. The molecule has 0 unspecified atom stereocenters. The van der Waals surface area contributed by atoms with Gasteiger partial charge < -0.3 is 5.32 Å². The molecule has 1 amide bonds. The van der Waals surface area contributed by atoms with Crippen LogP contribution in [0.4, 0.5) is 5.69 Å². The van der Waals surface area contributed by atoms with Crippen molar-refractivity contribution in [3.05, 3.63) is 28.8 Å². The van der Waals surface area contributed by atoms with Gasteiger partial charge in [-0.1, -0.05) is 69.6 Å². The number of benzene rings is 1. The van der Waals surface area contributed by atoms with Crippen LogP contribution < -0.4 is 5.32 Å². The lowest BCUT2D eigenvalue weighted by Gasteiger charge is -2.12. The highest BCUT2D eigenvalue weighted by Crippen LogP contribution is 2.22. The molecule has 1 aromatic rings. The first-order chi connectivity index (χ1) is 10.5. The molecule has 22 heavy (non-hydrogen) atoms. The van der Waals surface area contributed by atoms with Crippen LogP contribution in [0.2, 0.25) is 0 Å². The molecule has 0 radical (unpaired) electrons. The third-order valence-electron chi connectivity index (χ3n) is 4.20. The smallest absolute Gasteiger partial charge is 0.224 e. The van der Waals surface area contributed by atoms with Crippen molar-refractivity contribution >= 4 is 11.6 Å². The summed E-state index contributed by atoms with van der Waals surface area (Å²) in [6.45, 7) is 8.46. The van der Waals surface area contributed by atoms with E-state index in [1.807, 2.05) is 0 Å². The number of unbranched alkanes of at least 4 members (excludes halogenated alkanes) is 7. The van der Waals surface area contributed by atoms with E-state index in [4.69, 9.17) is 0 Å². The van der Waals surface area contributed by atoms with Crippen LogP contribution >= 0.6 is 0 Å². The summed E-state index contributed by atoms with van der Waals surface area (Å²) >= 11 is 0. The quantitative estimate of drug-likeness (QED) is 0.521. The maximum absolute atomic E-state index is 12.1.